The Kier molecular flexibility index (Phi) is 3.25. The van der Waals surface area contributed by atoms with E-state index in [9.17, 15) is 0 Å². The Bertz CT molecular complexity index is 723. The van der Waals surface area contributed by atoms with Gasteiger partial charge >= 0.3 is 0 Å². The molecule has 1 aromatic heterocycles. The van der Waals surface area contributed by atoms with E-state index < -0.39 is 0 Å². The van der Waals surface area contributed by atoms with Crippen molar-refractivity contribution in [3.05, 3.63) is 45.9 Å². The summed E-state index contributed by atoms with van der Waals surface area (Å²) in [5.41, 5.74) is 8.09. The van der Waals surface area contributed by atoms with Gasteiger partial charge in [-0.1, -0.05) is 28.1 Å². The van der Waals surface area contributed by atoms with Crippen molar-refractivity contribution in [1.29, 1.82) is 5.26 Å². The predicted octanol–water partition coefficient (Wildman–Crippen LogP) is 3.95. The van der Waals surface area contributed by atoms with Crippen LogP contribution in [0.2, 0.25) is 0 Å². The summed E-state index contributed by atoms with van der Waals surface area (Å²) in [7, 11) is 0. The first kappa shape index (κ1) is 12.8. The van der Waals surface area contributed by atoms with E-state index in [0.29, 0.717) is 35.7 Å². The highest BCUT2D eigenvalue weighted by atomic mass is 79.9. The maximum Gasteiger partial charge on any atom is 0.202 e. The minimum atomic E-state index is 0.271. The van der Waals surface area contributed by atoms with Crippen molar-refractivity contribution in [2.45, 2.75) is 6.42 Å². The maximum atomic E-state index is 9.08. The smallest absolute Gasteiger partial charge is 0.202 e. The van der Waals surface area contributed by atoms with E-state index in [4.69, 9.17) is 20.1 Å². The van der Waals surface area contributed by atoms with E-state index in [1.165, 1.54) is 0 Å². The van der Waals surface area contributed by atoms with Crippen molar-refractivity contribution in [2.75, 3.05) is 12.3 Å². The highest BCUT2D eigenvalue weighted by Gasteiger charge is 2.23. The molecule has 1 aromatic carbocycles. The molecule has 1 aliphatic heterocycles. The third kappa shape index (κ3) is 2.19. The van der Waals surface area contributed by atoms with Crippen LogP contribution in [0.5, 0.6) is 0 Å². The second-order valence-electron chi connectivity index (χ2n) is 4.41. The molecule has 2 N–H and O–H groups in total. The normalized spacial score (nSPS) is 14.2. The van der Waals surface area contributed by atoms with Crippen molar-refractivity contribution in [2.24, 2.45) is 0 Å². The molecule has 0 unspecified atom stereocenters. The monoisotopic (exact) mass is 330 g/mol. The molecule has 0 amide bonds. The van der Waals surface area contributed by atoms with Crippen LogP contribution in [0, 0.1) is 11.3 Å². The van der Waals surface area contributed by atoms with Crippen molar-refractivity contribution >= 4 is 27.6 Å². The van der Waals surface area contributed by atoms with Crippen molar-refractivity contribution in [3.63, 3.8) is 0 Å². The average molecular weight is 331 g/mol. The standard InChI is InChI=1S/C15H11BrN2O2/c16-11-3-1-9(2-4-11)13-7-12(15(18)20-13)14-10(8-17)5-6-19-14/h1-4,7H,5-6,18H2. The number of nitriles is 1. The molecular weight excluding hydrogens is 320 g/mol. The number of nitrogens with two attached hydrogens (primary N) is 1. The van der Waals surface area contributed by atoms with E-state index >= 15 is 0 Å². The number of nitrogens with zero attached hydrogens (tertiary/aromatic N) is 1. The molecule has 0 saturated heterocycles. The van der Waals surface area contributed by atoms with Gasteiger partial charge in [0, 0.05) is 16.5 Å². The average Bonchev–Trinajstić information content (AvgIpc) is 3.05. The molecule has 0 bridgehead atoms. The van der Waals surface area contributed by atoms with Crippen LogP contribution in [0.3, 0.4) is 0 Å². The molecule has 0 aliphatic carbocycles. The van der Waals surface area contributed by atoms with Crippen LogP contribution in [0.4, 0.5) is 5.88 Å². The van der Waals surface area contributed by atoms with E-state index in [1.807, 2.05) is 30.3 Å². The zero-order chi connectivity index (χ0) is 14.1. The molecule has 5 heteroatoms. The number of rotatable bonds is 2. The Balaban J connectivity index is 2.04. The fourth-order valence-electron chi connectivity index (χ4n) is 2.14. The third-order valence-corrected chi connectivity index (χ3v) is 3.67. The Labute approximate surface area is 124 Å². The van der Waals surface area contributed by atoms with Crippen molar-refractivity contribution < 1.29 is 9.15 Å². The van der Waals surface area contributed by atoms with Crippen LogP contribution >= 0.6 is 15.9 Å². The summed E-state index contributed by atoms with van der Waals surface area (Å²) in [6.07, 6.45) is 0.615. The maximum absolute atomic E-state index is 9.08. The van der Waals surface area contributed by atoms with Crippen molar-refractivity contribution in [1.82, 2.24) is 0 Å². The molecule has 0 spiro atoms. The zero-order valence-corrected chi connectivity index (χ0v) is 12.1. The lowest BCUT2D eigenvalue weighted by atomic mass is 10.1. The predicted molar refractivity (Wildman–Crippen MR) is 79.4 cm³/mol. The highest BCUT2D eigenvalue weighted by molar-refractivity contribution is 9.10. The van der Waals surface area contributed by atoms with Gasteiger partial charge in [0.2, 0.25) is 5.88 Å². The molecule has 0 saturated carbocycles. The minimum Gasteiger partial charge on any atom is -0.491 e. The van der Waals surface area contributed by atoms with E-state index in [2.05, 4.69) is 22.0 Å². The first-order chi connectivity index (χ1) is 9.69. The molecule has 0 fully saturated rings. The second-order valence-corrected chi connectivity index (χ2v) is 5.33. The lowest BCUT2D eigenvalue weighted by Crippen LogP contribution is -1.90. The SMILES string of the molecule is N#CC1=C(c2cc(-c3ccc(Br)cc3)oc2N)OCC1. The van der Waals surface area contributed by atoms with Gasteiger partial charge in [0.1, 0.15) is 11.5 Å². The number of nitrogen functional groups attached to an aromatic ring is 1. The molecule has 20 heavy (non-hydrogen) atoms. The molecule has 3 rings (SSSR count). The highest BCUT2D eigenvalue weighted by Crippen LogP contribution is 2.36. The number of ether oxygens (including phenoxy) is 1. The summed E-state index contributed by atoms with van der Waals surface area (Å²) >= 11 is 3.39. The molecule has 2 aromatic rings. The van der Waals surface area contributed by atoms with Gasteiger partial charge in [-0.05, 0) is 18.2 Å². The van der Waals surface area contributed by atoms with Crippen LogP contribution in [0.25, 0.3) is 17.1 Å². The topological polar surface area (TPSA) is 72.2 Å². The van der Waals surface area contributed by atoms with E-state index in [0.717, 1.165) is 10.0 Å². The number of anilines is 1. The van der Waals surface area contributed by atoms with Gasteiger partial charge in [-0.15, -0.1) is 0 Å². The van der Waals surface area contributed by atoms with Gasteiger partial charge in [0.05, 0.1) is 23.8 Å². The Morgan fingerprint density at radius 3 is 2.70 bits per heavy atom. The number of hydrogen-bond acceptors (Lipinski definition) is 4. The molecule has 2 heterocycles. The second kappa shape index (κ2) is 5.06. The summed E-state index contributed by atoms with van der Waals surface area (Å²) < 4.78 is 12.1. The number of hydrogen-bond donors (Lipinski definition) is 1. The van der Waals surface area contributed by atoms with Crippen LogP contribution in [-0.2, 0) is 4.74 Å². The zero-order valence-electron chi connectivity index (χ0n) is 10.5. The van der Waals surface area contributed by atoms with Gasteiger partial charge in [0.15, 0.2) is 0 Å². The molecule has 100 valence electrons. The van der Waals surface area contributed by atoms with Crippen LogP contribution in [0.1, 0.15) is 12.0 Å². The van der Waals surface area contributed by atoms with Gasteiger partial charge in [-0.2, -0.15) is 5.26 Å². The first-order valence-electron chi connectivity index (χ1n) is 6.10. The van der Waals surface area contributed by atoms with Crippen LogP contribution in [0.15, 0.2) is 44.8 Å². The summed E-state index contributed by atoms with van der Waals surface area (Å²) in [5.74, 6) is 1.47. The van der Waals surface area contributed by atoms with Crippen molar-refractivity contribution in [3.8, 4) is 17.4 Å². The van der Waals surface area contributed by atoms with E-state index in [1.54, 1.807) is 0 Å². The third-order valence-electron chi connectivity index (χ3n) is 3.14. The molecule has 4 nitrogen and oxygen atoms in total. The lowest BCUT2D eigenvalue weighted by molar-refractivity contribution is 0.307. The number of benzene rings is 1. The largest absolute Gasteiger partial charge is 0.491 e. The summed E-state index contributed by atoms with van der Waals surface area (Å²) in [6.45, 7) is 0.510. The Morgan fingerprint density at radius 1 is 1.25 bits per heavy atom. The van der Waals surface area contributed by atoms with Gasteiger partial charge in [-0.3, -0.25) is 0 Å². The summed E-state index contributed by atoms with van der Waals surface area (Å²) in [4.78, 5) is 0. The number of furan rings is 1. The quantitative estimate of drug-likeness (QED) is 0.904. The van der Waals surface area contributed by atoms with Gasteiger partial charge in [-0.25, -0.2) is 0 Å². The van der Waals surface area contributed by atoms with Crippen LogP contribution in [-0.4, -0.2) is 6.61 Å². The van der Waals surface area contributed by atoms with Crippen LogP contribution < -0.4 is 5.73 Å². The minimum absolute atomic E-state index is 0.271. The molecule has 1 aliphatic rings. The fraction of sp³-hybridized carbons (Fsp3) is 0.133. The lowest BCUT2D eigenvalue weighted by Gasteiger charge is -2.00. The summed E-state index contributed by atoms with van der Waals surface area (Å²) in [6, 6.07) is 11.7. The van der Waals surface area contributed by atoms with Gasteiger partial charge < -0.3 is 14.9 Å². The summed E-state index contributed by atoms with van der Waals surface area (Å²) in [5, 5.41) is 9.08. The Hall–Kier alpha value is -2.19. The van der Waals surface area contributed by atoms with Gasteiger partial charge in [0.25, 0.3) is 0 Å². The fourth-order valence-corrected chi connectivity index (χ4v) is 2.41. The molecule has 0 radical (unpaired) electrons. The molecule has 0 atom stereocenters. The Morgan fingerprint density at radius 2 is 2.00 bits per heavy atom. The number of halogens is 1. The first-order valence-corrected chi connectivity index (χ1v) is 6.90. The van der Waals surface area contributed by atoms with E-state index in [-0.39, 0.29) is 5.88 Å². The molecular formula is C15H11BrN2O2.